The molecule has 2 heterocycles. The molecule has 0 aliphatic carbocycles. The maximum Gasteiger partial charge on any atom is 0.321 e. The van der Waals surface area contributed by atoms with Crippen LogP contribution in [0.4, 0.5) is 16.3 Å². The van der Waals surface area contributed by atoms with E-state index in [1.807, 2.05) is 0 Å². The molecule has 1 aliphatic rings. The van der Waals surface area contributed by atoms with Crippen LogP contribution in [-0.2, 0) is 0 Å². The fourth-order valence-corrected chi connectivity index (χ4v) is 2.95. The van der Waals surface area contributed by atoms with Gasteiger partial charge in [-0.3, -0.25) is 4.98 Å². The van der Waals surface area contributed by atoms with Crippen LogP contribution in [0.3, 0.4) is 0 Å². The number of ether oxygens (including phenoxy) is 3. The first-order valence-corrected chi connectivity index (χ1v) is 8.53. The van der Waals surface area contributed by atoms with Crippen LogP contribution in [0.25, 0.3) is 0 Å². The highest BCUT2D eigenvalue weighted by atomic mass is 16.5. The van der Waals surface area contributed by atoms with Gasteiger partial charge in [0.15, 0.2) is 11.5 Å². The van der Waals surface area contributed by atoms with Crippen LogP contribution < -0.4 is 24.4 Å². The van der Waals surface area contributed by atoms with E-state index in [0.29, 0.717) is 49.1 Å². The molecular weight excluding hydrogens is 350 g/mol. The molecule has 0 saturated carbocycles. The minimum atomic E-state index is -0.178. The first-order valence-electron chi connectivity index (χ1n) is 8.53. The van der Waals surface area contributed by atoms with Crippen molar-refractivity contribution in [1.29, 1.82) is 0 Å². The van der Waals surface area contributed by atoms with E-state index in [0.717, 1.165) is 5.82 Å². The number of carbonyl (C=O) groups excluding carboxylic acids is 1. The number of benzene rings is 1. The van der Waals surface area contributed by atoms with Gasteiger partial charge in [0, 0.05) is 50.7 Å². The Morgan fingerprint density at radius 2 is 1.67 bits per heavy atom. The quantitative estimate of drug-likeness (QED) is 0.856. The van der Waals surface area contributed by atoms with Gasteiger partial charge in [-0.15, -0.1) is 0 Å². The summed E-state index contributed by atoms with van der Waals surface area (Å²) in [5.74, 6) is 2.28. The number of aromatic nitrogens is 2. The Bertz CT molecular complexity index is 754. The lowest BCUT2D eigenvalue weighted by Crippen LogP contribution is -2.50. The van der Waals surface area contributed by atoms with Crippen molar-refractivity contribution >= 4 is 17.5 Å². The Morgan fingerprint density at radius 1 is 1.00 bits per heavy atom. The lowest BCUT2D eigenvalue weighted by Gasteiger charge is -2.35. The van der Waals surface area contributed by atoms with Gasteiger partial charge in [-0.1, -0.05) is 0 Å². The Hall–Kier alpha value is -3.23. The van der Waals surface area contributed by atoms with Gasteiger partial charge in [0.05, 0.1) is 33.2 Å². The molecule has 1 saturated heterocycles. The van der Waals surface area contributed by atoms with E-state index in [1.165, 1.54) is 21.3 Å². The summed E-state index contributed by atoms with van der Waals surface area (Å²) in [5.41, 5.74) is 0.575. The number of urea groups is 1. The number of carbonyl (C=O) groups is 1. The van der Waals surface area contributed by atoms with Gasteiger partial charge in [0.25, 0.3) is 0 Å². The zero-order valence-electron chi connectivity index (χ0n) is 15.6. The van der Waals surface area contributed by atoms with Crippen LogP contribution in [-0.4, -0.2) is 68.4 Å². The number of hydrogen-bond acceptors (Lipinski definition) is 7. The maximum atomic E-state index is 12.6. The van der Waals surface area contributed by atoms with E-state index in [9.17, 15) is 4.79 Å². The molecular formula is C18H23N5O4. The lowest BCUT2D eigenvalue weighted by atomic mass is 10.2. The molecule has 144 valence electrons. The van der Waals surface area contributed by atoms with Crippen LogP contribution in [0.15, 0.2) is 30.7 Å². The maximum absolute atomic E-state index is 12.6. The molecule has 0 radical (unpaired) electrons. The van der Waals surface area contributed by atoms with Crippen molar-refractivity contribution in [3.8, 4) is 17.2 Å². The summed E-state index contributed by atoms with van der Waals surface area (Å²) >= 11 is 0. The Morgan fingerprint density at radius 3 is 2.19 bits per heavy atom. The molecule has 0 unspecified atom stereocenters. The molecule has 3 rings (SSSR count). The van der Waals surface area contributed by atoms with Gasteiger partial charge in [0.1, 0.15) is 5.82 Å². The fraction of sp³-hybridized carbons (Fsp3) is 0.389. The third-order valence-electron chi connectivity index (χ3n) is 4.36. The Kier molecular flexibility index (Phi) is 5.80. The topological polar surface area (TPSA) is 89.1 Å². The molecule has 9 heteroatoms. The van der Waals surface area contributed by atoms with E-state index in [1.54, 1.807) is 35.6 Å². The minimum Gasteiger partial charge on any atom is -0.493 e. The minimum absolute atomic E-state index is 0.178. The second-order valence-corrected chi connectivity index (χ2v) is 5.88. The average molecular weight is 373 g/mol. The Balaban J connectivity index is 1.64. The van der Waals surface area contributed by atoms with E-state index >= 15 is 0 Å². The molecule has 0 bridgehead atoms. The normalized spacial score (nSPS) is 13.9. The highest BCUT2D eigenvalue weighted by molar-refractivity contribution is 5.90. The van der Waals surface area contributed by atoms with Crippen LogP contribution in [0, 0.1) is 0 Å². The van der Waals surface area contributed by atoms with Crippen molar-refractivity contribution in [1.82, 2.24) is 14.9 Å². The third-order valence-corrected chi connectivity index (χ3v) is 4.36. The predicted octanol–water partition coefficient (Wildman–Crippen LogP) is 1.86. The smallest absolute Gasteiger partial charge is 0.321 e. The molecule has 2 aromatic rings. The summed E-state index contributed by atoms with van der Waals surface area (Å²) in [6.07, 6.45) is 5.04. The van der Waals surface area contributed by atoms with E-state index in [4.69, 9.17) is 14.2 Å². The van der Waals surface area contributed by atoms with Gasteiger partial charge in [-0.05, 0) is 0 Å². The van der Waals surface area contributed by atoms with Crippen molar-refractivity contribution in [2.45, 2.75) is 0 Å². The highest BCUT2D eigenvalue weighted by Gasteiger charge is 2.23. The summed E-state index contributed by atoms with van der Waals surface area (Å²) in [4.78, 5) is 24.9. The van der Waals surface area contributed by atoms with Gasteiger partial charge >= 0.3 is 6.03 Å². The number of piperazine rings is 1. The van der Waals surface area contributed by atoms with Gasteiger partial charge in [-0.2, -0.15) is 0 Å². The van der Waals surface area contributed by atoms with Crippen molar-refractivity contribution < 1.29 is 19.0 Å². The number of nitrogens with zero attached hydrogens (tertiary/aromatic N) is 4. The predicted molar refractivity (Wildman–Crippen MR) is 101 cm³/mol. The van der Waals surface area contributed by atoms with Crippen molar-refractivity contribution in [3.63, 3.8) is 0 Å². The lowest BCUT2D eigenvalue weighted by molar-refractivity contribution is 0.208. The van der Waals surface area contributed by atoms with E-state index < -0.39 is 0 Å². The molecule has 27 heavy (non-hydrogen) atoms. The number of nitrogens with one attached hydrogen (secondary N) is 1. The van der Waals surface area contributed by atoms with Crippen molar-refractivity contribution in [3.05, 3.63) is 30.7 Å². The molecule has 0 atom stereocenters. The van der Waals surface area contributed by atoms with E-state index in [-0.39, 0.29) is 6.03 Å². The van der Waals surface area contributed by atoms with Crippen LogP contribution in [0.5, 0.6) is 17.2 Å². The molecule has 1 N–H and O–H groups in total. The summed E-state index contributed by atoms with van der Waals surface area (Å²) < 4.78 is 15.9. The van der Waals surface area contributed by atoms with Gasteiger partial charge < -0.3 is 29.3 Å². The van der Waals surface area contributed by atoms with E-state index in [2.05, 4.69) is 20.2 Å². The molecule has 9 nitrogen and oxygen atoms in total. The molecule has 1 aromatic carbocycles. The number of anilines is 2. The number of amides is 2. The summed E-state index contributed by atoms with van der Waals surface area (Å²) in [6, 6.07) is 3.23. The van der Waals surface area contributed by atoms with Crippen LogP contribution in [0.2, 0.25) is 0 Å². The van der Waals surface area contributed by atoms with Crippen LogP contribution >= 0.6 is 0 Å². The Labute approximate surface area is 157 Å². The average Bonchev–Trinajstić information content (AvgIpc) is 2.73. The summed E-state index contributed by atoms with van der Waals surface area (Å²) in [6.45, 7) is 2.57. The molecule has 1 aromatic heterocycles. The molecule has 1 fully saturated rings. The zero-order valence-corrected chi connectivity index (χ0v) is 15.6. The standard InChI is InChI=1S/C18H23N5O4/c1-25-14-10-13(11-15(26-2)17(14)27-3)21-18(24)23-8-6-22(7-9-23)16-12-19-4-5-20-16/h4-5,10-12H,6-9H2,1-3H3,(H,21,24). The summed E-state index contributed by atoms with van der Waals surface area (Å²) in [5, 5.41) is 2.89. The van der Waals surface area contributed by atoms with Gasteiger partial charge in [-0.25, -0.2) is 9.78 Å². The van der Waals surface area contributed by atoms with Gasteiger partial charge in [0.2, 0.25) is 5.75 Å². The second kappa shape index (κ2) is 8.43. The van der Waals surface area contributed by atoms with Crippen molar-refractivity contribution in [2.24, 2.45) is 0 Å². The van der Waals surface area contributed by atoms with Crippen LogP contribution in [0.1, 0.15) is 0 Å². The largest absolute Gasteiger partial charge is 0.493 e. The first-order chi connectivity index (χ1) is 13.2. The first kappa shape index (κ1) is 18.6. The van der Waals surface area contributed by atoms with Crippen molar-refractivity contribution in [2.75, 3.05) is 57.7 Å². The second-order valence-electron chi connectivity index (χ2n) is 5.88. The number of rotatable bonds is 5. The number of hydrogen-bond donors (Lipinski definition) is 1. The molecule has 1 aliphatic heterocycles. The number of methoxy groups -OCH3 is 3. The molecule has 0 spiro atoms. The monoisotopic (exact) mass is 373 g/mol. The molecule has 2 amide bonds. The highest BCUT2D eigenvalue weighted by Crippen LogP contribution is 2.40. The zero-order chi connectivity index (χ0) is 19.2. The SMILES string of the molecule is COc1cc(NC(=O)N2CCN(c3cnccn3)CC2)cc(OC)c1OC. The summed E-state index contributed by atoms with van der Waals surface area (Å²) in [7, 11) is 4.61. The fourth-order valence-electron chi connectivity index (χ4n) is 2.95. The third kappa shape index (κ3) is 4.13.